The van der Waals surface area contributed by atoms with Crippen molar-refractivity contribution in [2.24, 2.45) is 0 Å². The molecule has 0 spiro atoms. The lowest BCUT2D eigenvalue weighted by molar-refractivity contribution is -0.132. The predicted molar refractivity (Wildman–Crippen MR) is 276 cm³/mol. The second kappa shape index (κ2) is 28.9. The minimum atomic E-state index is -1.08. The zero-order chi connectivity index (χ0) is 48.5. The van der Waals surface area contributed by atoms with Crippen molar-refractivity contribution in [2.45, 2.75) is 135 Å². The van der Waals surface area contributed by atoms with Gasteiger partial charge in [0.05, 0.1) is 29.9 Å². The molecule has 1 saturated heterocycles. The van der Waals surface area contributed by atoms with Gasteiger partial charge in [0.1, 0.15) is 5.82 Å². The maximum atomic E-state index is 14.4. The summed E-state index contributed by atoms with van der Waals surface area (Å²) in [7, 11) is 0. The summed E-state index contributed by atoms with van der Waals surface area (Å²) >= 11 is 0. The van der Waals surface area contributed by atoms with E-state index in [-0.39, 0.29) is 54.8 Å². The van der Waals surface area contributed by atoms with Gasteiger partial charge in [-0.1, -0.05) is 130 Å². The van der Waals surface area contributed by atoms with Gasteiger partial charge in [0.2, 0.25) is 11.8 Å². The van der Waals surface area contributed by atoms with Crippen LogP contribution >= 0.6 is 0 Å². The molecule has 4 aromatic rings. The first kappa shape index (κ1) is 52.9. The van der Waals surface area contributed by atoms with Gasteiger partial charge in [-0.05, 0) is 124 Å². The number of hydrogen-bond donors (Lipinski definition) is 4. The highest BCUT2D eigenvalue weighted by molar-refractivity contribution is 6.12. The van der Waals surface area contributed by atoms with E-state index in [4.69, 9.17) is 0 Å². The number of amides is 3. The van der Waals surface area contributed by atoms with E-state index >= 15 is 0 Å². The number of benzene rings is 3. The number of hydrogen-bond acceptors (Lipinski definition) is 5. The normalized spacial score (nSPS) is 14.6. The molecule has 5 rings (SSSR count). The average Bonchev–Trinajstić information content (AvgIpc) is 3.68. The molecule has 0 radical (unpaired) electrons. The summed E-state index contributed by atoms with van der Waals surface area (Å²) in [5.74, 6) is -0.945. The zero-order valence-corrected chi connectivity index (χ0v) is 40.4. The van der Waals surface area contributed by atoms with E-state index in [1.165, 1.54) is 12.1 Å². The molecule has 68 heavy (non-hydrogen) atoms. The summed E-state index contributed by atoms with van der Waals surface area (Å²) in [5, 5.41) is 28.4. The maximum absolute atomic E-state index is 14.4. The van der Waals surface area contributed by atoms with Gasteiger partial charge in [0, 0.05) is 49.0 Å². The van der Waals surface area contributed by atoms with E-state index in [2.05, 4.69) is 78.3 Å². The van der Waals surface area contributed by atoms with E-state index in [1.807, 2.05) is 84.0 Å². The predicted octanol–water partition coefficient (Wildman–Crippen LogP) is 12.3. The molecule has 362 valence electrons. The van der Waals surface area contributed by atoms with Crippen molar-refractivity contribution in [3.05, 3.63) is 163 Å². The van der Waals surface area contributed by atoms with Crippen LogP contribution in [0.3, 0.4) is 0 Å². The van der Waals surface area contributed by atoms with Crippen LogP contribution in [0.2, 0.25) is 0 Å². The van der Waals surface area contributed by atoms with Gasteiger partial charge < -0.3 is 30.3 Å². The van der Waals surface area contributed by atoms with E-state index in [0.29, 0.717) is 61.3 Å². The Morgan fingerprint density at radius 2 is 1.31 bits per heavy atom. The van der Waals surface area contributed by atoms with Crippen LogP contribution in [0.1, 0.15) is 126 Å². The fraction of sp³-hybridized carbons (Fsp3) is 0.397. The number of allylic oxidation sites excluding steroid dienone is 10. The molecule has 0 aliphatic carbocycles. The summed E-state index contributed by atoms with van der Waals surface area (Å²) < 4.78 is 16.4. The topological polar surface area (TPSA) is 124 Å². The van der Waals surface area contributed by atoms with Crippen LogP contribution in [-0.2, 0) is 16.1 Å². The maximum Gasteiger partial charge on any atom is 0.258 e. The quantitative estimate of drug-likeness (QED) is 0.0369. The van der Waals surface area contributed by atoms with Crippen molar-refractivity contribution < 1.29 is 29.0 Å². The lowest BCUT2D eigenvalue weighted by atomic mass is 9.94. The Kier molecular flexibility index (Phi) is 22.5. The standard InChI is InChI=1S/C58H73FN4O5/c1-4-5-6-7-8-9-10-11-12-13-14-15-16-17-18-19-26-31-53(67)62-39-36-49(37-40-62)60-52(66)43-51(65)42-50(64)38-41-63-56(44(2)3)55(58(68)61-48-29-24-21-25-30-48)54(45-27-22-20-23-28-45)57(63)46-32-34-47(59)35-33-46/h5-6,8-9,11-12,14-15,17-18,20-25,27-30,32-35,44,49-51,64-65H,4,7,10,13,16,19,26,31,36-43H2,1-3H3,(H,60,66)(H,61,68). The highest BCUT2D eigenvalue weighted by atomic mass is 19.1. The third kappa shape index (κ3) is 17.2. The lowest BCUT2D eigenvalue weighted by Crippen LogP contribution is -2.47. The second-order valence-corrected chi connectivity index (χ2v) is 17.8. The number of likely N-dealkylation sites (tertiary alicyclic amines) is 1. The van der Waals surface area contributed by atoms with Crippen molar-refractivity contribution in [3.63, 3.8) is 0 Å². The molecule has 3 amide bonds. The highest BCUT2D eigenvalue weighted by Gasteiger charge is 2.31. The van der Waals surface area contributed by atoms with Gasteiger partial charge in [-0.3, -0.25) is 14.4 Å². The number of unbranched alkanes of at least 4 members (excludes halogenated alkanes) is 1. The second-order valence-electron chi connectivity index (χ2n) is 17.8. The van der Waals surface area contributed by atoms with E-state index in [1.54, 1.807) is 12.1 Å². The van der Waals surface area contributed by atoms with Gasteiger partial charge in [-0.25, -0.2) is 4.39 Å². The molecule has 1 aliphatic rings. The summed E-state index contributed by atoms with van der Waals surface area (Å²) in [6, 6.07) is 25.0. The number of aliphatic hydroxyl groups is 2. The van der Waals surface area contributed by atoms with Gasteiger partial charge in [-0.15, -0.1) is 0 Å². The summed E-state index contributed by atoms with van der Waals surface area (Å²) in [6.45, 7) is 7.62. The number of nitrogens with zero attached hydrogens (tertiary/aromatic N) is 2. The van der Waals surface area contributed by atoms with Crippen molar-refractivity contribution in [2.75, 3.05) is 18.4 Å². The molecule has 2 unspecified atom stereocenters. The molecule has 2 heterocycles. The number of carbonyl (C=O) groups excluding carboxylic acids is 3. The Morgan fingerprint density at radius 3 is 1.90 bits per heavy atom. The number of para-hydroxylation sites is 1. The van der Waals surface area contributed by atoms with Gasteiger partial charge >= 0.3 is 0 Å². The molecule has 1 fully saturated rings. The molecule has 9 nitrogen and oxygen atoms in total. The first-order valence-corrected chi connectivity index (χ1v) is 24.7. The number of aromatic nitrogens is 1. The minimum absolute atomic E-state index is 0.0168. The zero-order valence-electron chi connectivity index (χ0n) is 40.4. The van der Waals surface area contributed by atoms with Crippen LogP contribution in [0.25, 0.3) is 22.4 Å². The van der Waals surface area contributed by atoms with Crippen LogP contribution < -0.4 is 10.6 Å². The first-order chi connectivity index (χ1) is 33.0. The first-order valence-electron chi connectivity index (χ1n) is 24.7. The van der Waals surface area contributed by atoms with E-state index < -0.39 is 12.2 Å². The third-order valence-corrected chi connectivity index (χ3v) is 12.1. The largest absolute Gasteiger partial charge is 0.393 e. The van der Waals surface area contributed by atoms with Crippen LogP contribution in [0.15, 0.2) is 146 Å². The summed E-state index contributed by atoms with van der Waals surface area (Å²) in [6.07, 6.45) is 28.1. The molecular weight excluding hydrogens is 852 g/mol. The number of piperidine rings is 1. The van der Waals surface area contributed by atoms with Crippen LogP contribution in [-0.4, -0.2) is 68.7 Å². The molecule has 3 aromatic carbocycles. The Bertz CT molecular complexity index is 2300. The Labute approximate surface area is 404 Å². The number of rotatable bonds is 26. The Morgan fingerprint density at radius 1 is 0.735 bits per heavy atom. The smallest absolute Gasteiger partial charge is 0.258 e. The lowest BCUT2D eigenvalue weighted by Gasteiger charge is -2.32. The minimum Gasteiger partial charge on any atom is -0.393 e. The number of anilines is 1. The molecule has 4 N–H and O–H groups in total. The SMILES string of the molecule is CCC=CCC=CCC=CCC=CCC=CCCCC(=O)N1CCC(NC(=O)CC(O)CC(O)CCn2c(-c3ccc(F)cc3)c(-c3ccccc3)c(C(=O)Nc3ccccc3)c2C(C)C)CC1. The fourth-order valence-corrected chi connectivity index (χ4v) is 8.67. The van der Waals surface area contributed by atoms with Gasteiger partial charge in [0.15, 0.2) is 0 Å². The van der Waals surface area contributed by atoms with Crippen molar-refractivity contribution >= 4 is 23.4 Å². The monoisotopic (exact) mass is 925 g/mol. The molecular formula is C58H73FN4O5. The highest BCUT2D eigenvalue weighted by Crippen LogP contribution is 2.42. The number of aliphatic hydroxyl groups excluding tert-OH is 2. The van der Waals surface area contributed by atoms with Gasteiger partial charge in [0.25, 0.3) is 5.91 Å². The summed E-state index contributed by atoms with van der Waals surface area (Å²) in [4.78, 5) is 42.2. The third-order valence-electron chi connectivity index (χ3n) is 12.1. The van der Waals surface area contributed by atoms with Crippen LogP contribution in [0, 0.1) is 5.82 Å². The molecule has 0 saturated carbocycles. The molecule has 0 bridgehead atoms. The average molecular weight is 925 g/mol. The molecule has 10 heteroatoms. The molecule has 1 aliphatic heterocycles. The van der Waals surface area contributed by atoms with E-state index in [9.17, 15) is 29.0 Å². The van der Waals surface area contributed by atoms with E-state index in [0.717, 1.165) is 61.9 Å². The Balaban J connectivity index is 1.08. The fourth-order valence-electron chi connectivity index (χ4n) is 8.67. The number of nitrogens with one attached hydrogen (secondary N) is 2. The van der Waals surface area contributed by atoms with Crippen LogP contribution in [0.5, 0.6) is 0 Å². The van der Waals surface area contributed by atoms with Crippen molar-refractivity contribution in [1.82, 2.24) is 14.8 Å². The van der Waals surface area contributed by atoms with Crippen molar-refractivity contribution in [3.8, 4) is 22.4 Å². The molecule has 2 atom stereocenters. The van der Waals surface area contributed by atoms with Crippen molar-refractivity contribution in [1.29, 1.82) is 0 Å². The summed E-state index contributed by atoms with van der Waals surface area (Å²) in [5.41, 5.74) is 4.86. The Hall–Kier alpha value is -6.10. The number of halogens is 1. The van der Waals surface area contributed by atoms with Crippen LogP contribution in [0.4, 0.5) is 10.1 Å². The number of carbonyl (C=O) groups is 3. The van der Waals surface area contributed by atoms with Gasteiger partial charge in [-0.2, -0.15) is 0 Å². The molecule has 1 aromatic heterocycles.